The van der Waals surface area contributed by atoms with E-state index in [1.165, 1.54) is 6.26 Å². The summed E-state index contributed by atoms with van der Waals surface area (Å²) in [4.78, 5) is -0.658. The lowest BCUT2D eigenvalue weighted by molar-refractivity contribution is 0.373. The van der Waals surface area contributed by atoms with Crippen LogP contribution in [0.3, 0.4) is 0 Å². The van der Waals surface area contributed by atoms with Gasteiger partial charge >= 0.3 is 0 Å². The van der Waals surface area contributed by atoms with Crippen molar-refractivity contribution >= 4 is 15.7 Å². The molecule has 0 aliphatic heterocycles. The summed E-state index contributed by atoms with van der Waals surface area (Å²) in [6.07, 6.45) is 1.41. The lowest BCUT2D eigenvalue weighted by Crippen LogP contribution is -2.31. The summed E-state index contributed by atoms with van der Waals surface area (Å²) in [6, 6.07) is 4.47. The number of nitrogens with zero attached hydrogens (tertiary/aromatic N) is 1. The fourth-order valence-electron chi connectivity index (χ4n) is 1.82. The van der Waals surface area contributed by atoms with E-state index in [1.807, 2.05) is 0 Å². The molecule has 0 saturated carbocycles. The molecule has 1 heterocycles. The van der Waals surface area contributed by atoms with E-state index in [-0.39, 0.29) is 13.1 Å². The monoisotopic (exact) mass is 316 g/mol. The first kappa shape index (κ1) is 15.5. The Morgan fingerprint density at radius 2 is 2.00 bits per heavy atom. The van der Waals surface area contributed by atoms with Crippen molar-refractivity contribution in [2.24, 2.45) is 0 Å². The second-order valence-electron chi connectivity index (χ2n) is 4.31. The van der Waals surface area contributed by atoms with Gasteiger partial charge in [0.1, 0.15) is 22.3 Å². The minimum atomic E-state index is -4.15. The first-order valence-electron chi connectivity index (χ1n) is 6.13. The molecule has 8 heteroatoms. The number of furan rings is 1. The molecule has 0 bridgehead atoms. The largest absolute Gasteiger partial charge is 0.468 e. The fourth-order valence-corrected chi connectivity index (χ4v) is 3.32. The quantitative estimate of drug-likeness (QED) is 0.859. The molecule has 2 rings (SSSR count). The molecule has 0 radical (unpaired) electrons. The lowest BCUT2D eigenvalue weighted by atomic mass is 10.3. The van der Waals surface area contributed by atoms with Crippen molar-refractivity contribution in [3.8, 4) is 0 Å². The number of benzene rings is 1. The van der Waals surface area contributed by atoms with Crippen molar-refractivity contribution < 1.29 is 21.6 Å². The van der Waals surface area contributed by atoms with Gasteiger partial charge in [0.2, 0.25) is 10.0 Å². The number of nitrogens with two attached hydrogens (primary N) is 1. The number of nitrogen functional groups attached to an aromatic ring is 1. The average molecular weight is 316 g/mol. The minimum Gasteiger partial charge on any atom is -0.468 e. The normalized spacial score (nSPS) is 12.0. The molecule has 0 unspecified atom stereocenters. The van der Waals surface area contributed by atoms with Gasteiger partial charge in [0, 0.05) is 12.6 Å². The highest BCUT2D eigenvalue weighted by Crippen LogP contribution is 2.25. The predicted octanol–water partition coefficient (Wildman–Crippen LogP) is 2.35. The number of anilines is 1. The van der Waals surface area contributed by atoms with Crippen LogP contribution in [0.2, 0.25) is 0 Å². The van der Waals surface area contributed by atoms with Crippen molar-refractivity contribution in [3.05, 3.63) is 47.9 Å². The molecule has 0 atom stereocenters. The van der Waals surface area contributed by atoms with Gasteiger partial charge in [0.25, 0.3) is 0 Å². The molecule has 0 spiro atoms. The second kappa shape index (κ2) is 5.82. The third-order valence-corrected chi connectivity index (χ3v) is 4.87. The Balaban J connectivity index is 2.42. The van der Waals surface area contributed by atoms with Gasteiger partial charge in [-0.25, -0.2) is 17.2 Å². The second-order valence-corrected chi connectivity index (χ2v) is 6.22. The van der Waals surface area contributed by atoms with Crippen molar-refractivity contribution in [3.63, 3.8) is 0 Å². The molecule has 1 aromatic heterocycles. The van der Waals surface area contributed by atoms with Crippen LogP contribution >= 0.6 is 0 Å². The van der Waals surface area contributed by atoms with Gasteiger partial charge in [-0.3, -0.25) is 0 Å². The highest BCUT2D eigenvalue weighted by atomic mass is 32.2. The molecular weight excluding hydrogens is 302 g/mol. The first-order valence-corrected chi connectivity index (χ1v) is 7.57. The van der Waals surface area contributed by atoms with E-state index in [2.05, 4.69) is 0 Å². The Morgan fingerprint density at radius 1 is 1.29 bits per heavy atom. The van der Waals surface area contributed by atoms with E-state index in [0.29, 0.717) is 11.8 Å². The molecule has 1 aromatic carbocycles. The fraction of sp³-hybridized carbons (Fsp3) is 0.231. The summed E-state index contributed by atoms with van der Waals surface area (Å²) in [5, 5.41) is 0. The molecule has 0 aliphatic carbocycles. The van der Waals surface area contributed by atoms with Crippen LogP contribution in [0.15, 0.2) is 39.8 Å². The molecule has 0 amide bonds. The van der Waals surface area contributed by atoms with Gasteiger partial charge in [0.05, 0.1) is 18.5 Å². The standard InChI is InChI=1S/C13H14F2N2O3S/c1-2-17(8-9-4-3-5-20-9)21(18,19)13-7-12(16)10(14)6-11(13)15/h3-7H,2,8,16H2,1H3. The third-order valence-electron chi connectivity index (χ3n) is 2.93. The van der Waals surface area contributed by atoms with E-state index in [1.54, 1.807) is 19.1 Å². The van der Waals surface area contributed by atoms with Crippen molar-refractivity contribution in [2.75, 3.05) is 12.3 Å². The van der Waals surface area contributed by atoms with Crippen molar-refractivity contribution in [2.45, 2.75) is 18.4 Å². The molecule has 114 valence electrons. The van der Waals surface area contributed by atoms with Crippen LogP contribution in [0.1, 0.15) is 12.7 Å². The smallest absolute Gasteiger partial charge is 0.246 e. The Kier molecular flexibility index (Phi) is 4.29. The Morgan fingerprint density at radius 3 is 2.57 bits per heavy atom. The van der Waals surface area contributed by atoms with Crippen LogP contribution in [0.5, 0.6) is 0 Å². The summed E-state index contributed by atoms with van der Waals surface area (Å²) in [6.45, 7) is 1.65. The van der Waals surface area contributed by atoms with Gasteiger partial charge in [-0.15, -0.1) is 0 Å². The molecule has 21 heavy (non-hydrogen) atoms. The maximum Gasteiger partial charge on any atom is 0.246 e. The van der Waals surface area contributed by atoms with E-state index in [4.69, 9.17) is 10.2 Å². The van der Waals surface area contributed by atoms with Gasteiger partial charge in [-0.05, 0) is 18.2 Å². The maximum absolute atomic E-state index is 13.8. The number of hydrogen-bond acceptors (Lipinski definition) is 4. The predicted molar refractivity (Wildman–Crippen MR) is 72.7 cm³/mol. The maximum atomic E-state index is 13.8. The molecule has 0 aliphatic rings. The molecule has 2 aromatic rings. The van der Waals surface area contributed by atoms with E-state index >= 15 is 0 Å². The van der Waals surface area contributed by atoms with Crippen LogP contribution in [0.25, 0.3) is 0 Å². The summed E-state index contributed by atoms with van der Waals surface area (Å²) in [5.74, 6) is -1.77. The molecular formula is C13H14F2N2O3S. The van der Waals surface area contributed by atoms with Crippen LogP contribution in [-0.2, 0) is 16.6 Å². The highest BCUT2D eigenvalue weighted by molar-refractivity contribution is 7.89. The summed E-state index contributed by atoms with van der Waals surface area (Å²) in [7, 11) is -4.15. The summed E-state index contributed by atoms with van der Waals surface area (Å²) in [5.41, 5.74) is 4.89. The van der Waals surface area contributed by atoms with Gasteiger partial charge in [-0.1, -0.05) is 6.92 Å². The van der Waals surface area contributed by atoms with Crippen molar-refractivity contribution in [1.82, 2.24) is 4.31 Å². The SMILES string of the molecule is CCN(Cc1ccco1)S(=O)(=O)c1cc(N)c(F)cc1F. The van der Waals surface area contributed by atoms with E-state index in [9.17, 15) is 17.2 Å². The van der Waals surface area contributed by atoms with Gasteiger partial charge < -0.3 is 10.2 Å². The summed E-state index contributed by atoms with van der Waals surface area (Å²) >= 11 is 0. The number of hydrogen-bond donors (Lipinski definition) is 1. The molecule has 0 saturated heterocycles. The third kappa shape index (κ3) is 3.06. The van der Waals surface area contributed by atoms with Crippen LogP contribution < -0.4 is 5.73 Å². The zero-order chi connectivity index (χ0) is 15.6. The van der Waals surface area contributed by atoms with Crippen LogP contribution in [0, 0.1) is 11.6 Å². The number of halogens is 2. The summed E-state index contributed by atoms with van der Waals surface area (Å²) < 4.78 is 57.9. The Bertz CT molecular complexity index is 730. The lowest BCUT2D eigenvalue weighted by Gasteiger charge is -2.20. The van der Waals surface area contributed by atoms with E-state index in [0.717, 1.165) is 10.4 Å². The Labute approximate surface area is 121 Å². The van der Waals surface area contributed by atoms with Gasteiger partial charge in [-0.2, -0.15) is 4.31 Å². The zero-order valence-corrected chi connectivity index (χ0v) is 12.0. The van der Waals surface area contributed by atoms with E-state index < -0.39 is 32.2 Å². The molecule has 5 nitrogen and oxygen atoms in total. The van der Waals surface area contributed by atoms with Crippen LogP contribution in [0.4, 0.5) is 14.5 Å². The minimum absolute atomic E-state index is 0.0530. The number of sulfonamides is 1. The number of rotatable bonds is 5. The highest BCUT2D eigenvalue weighted by Gasteiger charge is 2.28. The van der Waals surface area contributed by atoms with Gasteiger partial charge in [0.15, 0.2) is 0 Å². The van der Waals surface area contributed by atoms with Crippen molar-refractivity contribution in [1.29, 1.82) is 0 Å². The Hall–Kier alpha value is -1.93. The average Bonchev–Trinajstić information content (AvgIpc) is 2.92. The van der Waals surface area contributed by atoms with Crippen LogP contribution in [-0.4, -0.2) is 19.3 Å². The zero-order valence-electron chi connectivity index (χ0n) is 11.2. The first-order chi connectivity index (χ1) is 9.86. The molecule has 0 fully saturated rings. The topological polar surface area (TPSA) is 76.5 Å². The molecule has 2 N–H and O–H groups in total.